The number of aromatic nitrogens is 1. The maximum absolute atomic E-state index is 12.2. The largest absolute Gasteiger partial charge is 0.481 e. The molecular weight excluding hydrogens is 248 g/mol. The van der Waals surface area contributed by atoms with Gasteiger partial charge < -0.3 is 14.7 Å². The average molecular weight is 266 g/mol. The van der Waals surface area contributed by atoms with Crippen molar-refractivity contribution < 1.29 is 19.4 Å². The van der Waals surface area contributed by atoms with Crippen LogP contribution in [0.5, 0.6) is 0 Å². The molecule has 1 rings (SSSR count). The van der Waals surface area contributed by atoms with E-state index in [9.17, 15) is 9.59 Å². The first-order valence-corrected chi connectivity index (χ1v) is 6.05. The minimum absolute atomic E-state index is 0.0705. The molecule has 0 saturated carbocycles. The first-order valence-electron chi connectivity index (χ1n) is 6.05. The summed E-state index contributed by atoms with van der Waals surface area (Å²) < 4.78 is 4.94. The Bertz CT molecular complexity index is 408. The molecule has 1 amide bonds. The van der Waals surface area contributed by atoms with E-state index in [2.05, 4.69) is 4.98 Å². The number of carboxylic acid groups (broad SMARTS) is 1. The third kappa shape index (κ3) is 5.48. The smallest absolute Gasteiger partial charge is 0.305 e. The van der Waals surface area contributed by atoms with Crippen LogP contribution in [0, 0.1) is 0 Å². The Kier molecular flexibility index (Phi) is 6.52. The van der Waals surface area contributed by atoms with Gasteiger partial charge in [0.2, 0.25) is 0 Å². The van der Waals surface area contributed by atoms with E-state index in [1.807, 2.05) is 0 Å². The Labute approximate surface area is 112 Å². The van der Waals surface area contributed by atoms with Crippen molar-refractivity contribution in [1.29, 1.82) is 0 Å². The molecule has 6 nitrogen and oxygen atoms in total. The fourth-order valence-electron chi connectivity index (χ4n) is 1.62. The molecule has 1 N–H and O–H groups in total. The molecule has 0 spiro atoms. The Morgan fingerprint density at radius 3 is 2.79 bits per heavy atom. The standard InChI is InChI=1S/C13H18N2O4/c1-19-9-3-7-15(8-5-12(16)17)13(18)11-4-2-6-14-10-11/h2,4,6,10H,3,5,7-9H2,1H3,(H,16,17). The van der Waals surface area contributed by atoms with Crippen molar-refractivity contribution in [2.45, 2.75) is 12.8 Å². The van der Waals surface area contributed by atoms with E-state index in [0.717, 1.165) is 0 Å². The summed E-state index contributed by atoms with van der Waals surface area (Å²) in [5, 5.41) is 8.71. The van der Waals surface area contributed by atoms with Crippen LogP contribution in [0.15, 0.2) is 24.5 Å². The molecule has 0 radical (unpaired) electrons. The average Bonchev–Trinajstić information content (AvgIpc) is 2.42. The van der Waals surface area contributed by atoms with Crippen molar-refractivity contribution in [2.75, 3.05) is 26.8 Å². The second-order valence-electron chi connectivity index (χ2n) is 4.02. The zero-order chi connectivity index (χ0) is 14.1. The van der Waals surface area contributed by atoms with Gasteiger partial charge in [-0.1, -0.05) is 0 Å². The van der Waals surface area contributed by atoms with Crippen LogP contribution in [-0.4, -0.2) is 53.7 Å². The molecule has 0 aliphatic carbocycles. The Balaban J connectivity index is 2.65. The molecule has 1 aromatic rings. The molecule has 0 aliphatic rings. The number of hydrogen-bond acceptors (Lipinski definition) is 4. The van der Waals surface area contributed by atoms with Crippen LogP contribution in [-0.2, 0) is 9.53 Å². The molecule has 6 heteroatoms. The maximum Gasteiger partial charge on any atom is 0.305 e. The number of carboxylic acids is 1. The van der Waals surface area contributed by atoms with E-state index in [1.54, 1.807) is 25.4 Å². The molecule has 104 valence electrons. The highest BCUT2D eigenvalue weighted by Gasteiger charge is 2.16. The summed E-state index contributed by atoms with van der Waals surface area (Å²) in [5.74, 6) is -1.12. The van der Waals surface area contributed by atoms with Gasteiger partial charge in [0.15, 0.2) is 0 Å². The highest BCUT2D eigenvalue weighted by molar-refractivity contribution is 5.94. The number of nitrogens with zero attached hydrogens (tertiary/aromatic N) is 2. The summed E-state index contributed by atoms with van der Waals surface area (Å²) in [6, 6.07) is 3.34. The van der Waals surface area contributed by atoms with Crippen molar-refractivity contribution >= 4 is 11.9 Å². The second-order valence-corrected chi connectivity index (χ2v) is 4.02. The zero-order valence-corrected chi connectivity index (χ0v) is 10.9. The van der Waals surface area contributed by atoms with Gasteiger partial charge >= 0.3 is 5.97 Å². The molecule has 0 atom stereocenters. The van der Waals surface area contributed by atoms with Gasteiger partial charge in [-0.15, -0.1) is 0 Å². The van der Waals surface area contributed by atoms with E-state index in [0.29, 0.717) is 25.1 Å². The molecule has 0 bridgehead atoms. The van der Waals surface area contributed by atoms with Crippen molar-refractivity contribution in [3.63, 3.8) is 0 Å². The van der Waals surface area contributed by atoms with Gasteiger partial charge in [0.1, 0.15) is 0 Å². The van der Waals surface area contributed by atoms with Gasteiger partial charge in [-0.3, -0.25) is 14.6 Å². The zero-order valence-electron chi connectivity index (χ0n) is 10.9. The first-order chi connectivity index (χ1) is 9.15. The minimum Gasteiger partial charge on any atom is -0.481 e. The van der Waals surface area contributed by atoms with Crippen LogP contribution in [0.3, 0.4) is 0 Å². The number of pyridine rings is 1. The Morgan fingerprint density at radius 1 is 1.42 bits per heavy atom. The number of amides is 1. The normalized spacial score (nSPS) is 10.2. The van der Waals surface area contributed by atoms with Crippen molar-refractivity contribution in [2.24, 2.45) is 0 Å². The van der Waals surface area contributed by atoms with Gasteiger partial charge in [0.25, 0.3) is 5.91 Å². The summed E-state index contributed by atoms with van der Waals surface area (Å²) in [4.78, 5) is 28.2. The molecule has 0 aliphatic heterocycles. The molecule has 0 aromatic carbocycles. The Hall–Kier alpha value is -1.95. The lowest BCUT2D eigenvalue weighted by molar-refractivity contribution is -0.137. The molecule has 0 saturated heterocycles. The van der Waals surface area contributed by atoms with Gasteiger partial charge in [-0.05, 0) is 18.6 Å². The highest BCUT2D eigenvalue weighted by Crippen LogP contribution is 2.05. The lowest BCUT2D eigenvalue weighted by Gasteiger charge is -2.21. The van der Waals surface area contributed by atoms with Crippen LogP contribution in [0.1, 0.15) is 23.2 Å². The predicted molar refractivity (Wildman–Crippen MR) is 68.9 cm³/mol. The van der Waals surface area contributed by atoms with Crippen molar-refractivity contribution in [1.82, 2.24) is 9.88 Å². The molecule has 1 heterocycles. The van der Waals surface area contributed by atoms with Crippen molar-refractivity contribution in [3.05, 3.63) is 30.1 Å². The van der Waals surface area contributed by atoms with Gasteiger partial charge in [0.05, 0.1) is 12.0 Å². The minimum atomic E-state index is -0.921. The van der Waals surface area contributed by atoms with Crippen LogP contribution >= 0.6 is 0 Å². The number of hydrogen-bond donors (Lipinski definition) is 1. The quantitative estimate of drug-likeness (QED) is 0.711. The van der Waals surface area contributed by atoms with Crippen LogP contribution < -0.4 is 0 Å². The molecule has 19 heavy (non-hydrogen) atoms. The fourth-order valence-corrected chi connectivity index (χ4v) is 1.62. The first kappa shape index (κ1) is 15.1. The number of methoxy groups -OCH3 is 1. The number of aliphatic carboxylic acids is 1. The molecule has 1 aromatic heterocycles. The summed E-state index contributed by atoms with van der Waals surface area (Å²) in [7, 11) is 1.59. The summed E-state index contributed by atoms with van der Waals surface area (Å²) in [5.41, 5.74) is 0.463. The molecule has 0 unspecified atom stereocenters. The second kappa shape index (κ2) is 8.20. The SMILES string of the molecule is COCCCN(CCC(=O)O)C(=O)c1cccnc1. The van der Waals surface area contributed by atoms with E-state index >= 15 is 0 Å². The van der Waals surface area contributed by atoms with Crippen LogP contribution in [0.2, 0.25) is 0 Å². The monoisotopic (exact) mass is 266 g/mol. The van der Waals surface area contributed by atoms with E-state index < -0.39 is 5.97 Å². The van der Waals surface area contributed by atoms with Gasteiger partial charge in [-0.25, -0.2) is 0 Å². The lowest BCUT2D eigenvalue weighted by atomic mass is 10.2. The van der Waals surface area contributed by atoms with E-state index in [4.69, 9.17) is 9.84 Å². The number of carbonyl (C=O) groups is 2. The molecular formula is C13H18N2O4. The lowest BCUT2D eigenvalue weighted by Crippen LogP contribution is -2.34. The van der Waals surface area contributed by atoms with Gasteiger partial charge in [0, 0.05) is 39.2 Å². The Morgan fingerprint density at radius 2 is 2.21 bits per heavy atom. The topological polar surface area (TPSA) is 79.7 Å². The van der Waals surface area contributed by atoms with E-state index in [1.165, 1.54) is 11.1 Å². The summed E-state index contributed by atoms with van der Waals surface area (Å²) in [6.07, 6.45) is 3.66. The third-order valence-electron chi connectivity index (χ3n) is 2.57. The van der Waals surface area contributed by atoms with Crippen molar-refractivity contribution in [3.8, 4) is 0 Å². The highest BCUT2D eigenvalue weighted by atomic mass is 16.5. The summed E-state index contributed by atoms with van der Waals surface area (Å²) in [6.45, 7) is 1.19. The van der Waals surface area contributed by atoms with Gasteiger partial charge in [-0.2, -0.15) is 0 Å². The number of carbonyl (C=O) groups excluding carboxylic acids is 1. The molecule has 0 fully saturated rings. The number of ether oxygens (including phenoxy) is 1. The van der Waals surface area contributed by atoms with Crippen LogP contribution in [0.4, 0.5) is 0 Å². The fraction of sp³-hybridized carbons (Fsp3) is 0.462. The predicted octanol–water partition coefficient (Wildman–Crippen LogP) is 1.03. The summed E-state index contributed by atoms with van der Waals surface area (Å²) >= 11 is 0. The maximum atomic E-state index is 12.2. The van der Waals surface area contributed by atoms with Crippen LogP contribution in [0.25, 0.3) is 0 Å². The number of rotatable bonds is 8. The third-order valence-corrected chi connectivity index (χ3v) is 2.57. The van der Waals surface area contributed by atoms with E-state index in [-0.39, 0.29) is 18.9 Å².